The Hall–Kier alpha value is -3.09. The Kier molecular flexibility index (Phi) is 5.41. The molecule has 1 aliphatic heterocycles. The number of carbonyl (C=O) groups is 2. The van der Waals surface area contributed by atoms with Crippen LogP contribution in [-0.4, -0.2) is 45.8 Å². The minimum atomic E-state index is -0.433. The first-order valence-corrected chi connectivity index (χ1v) is 9.78. The van der Waals surface area contributed by atoms with E-state index in [1.165, 1.54) is 6.26 Å². The van der Waals surface area contributed by atoms with E-state index in [9.17, 15) is 9.59 Å². The molecule has 0 radical (unpaired) electrons. The van der Waals surface area contributed by atoms with Crippen molar-refractivity contribution in [2.24, 2.45) is 0 Å². The average molecular weight is 380 g/mol. The highest BCUT2D eigenvalue weighted by Crippen LogP contribution is 2.20. The first-order valence-electron chi connectivity index (χ1n) is 9.78. The SMILES string of the molecule is O=C(NCCCc1nc2ccccc2[nH]1)C1CCCCN1C(=O)c1ccco1. The lowest BCUT2D eigenvalue weighted by atomic mass is 10.0. The molecular weight excluding hydrogens is 356 g/mol. The van der Waals surface area contributed by atoms with Crippen molar-refractivity contribution in [1.29, 1.82) is 0 Å². The molecule has 28 heavy (non-hydrogen) atoms. The van der Waals surface area contributed by atoms with Gasteiger partial charge in [-0.3, -0.25) is 9.59 Å². The van der Waals surface area contributed by atoms with Crippen LogP contribution in [0.2, 0.25) is 0 Å². The number of aryl methyl sites for hydroxylation is 1. The van der Waals surface area contributed by atoms with Crippen LogP contribution in [0.15, 0.2) is 47.1 Å². The molecule has 0 aliphatic carbocycles. The van der Waals surface area contributed by atoms with Gasteiger partial charge in [-0.15, -0.1) is 0 Å². The molecule has 0 spiro atoms. The van der Waals surface area contributed by atoms with Gasteiger partial charge in [0.25, 0.3) is 5.91 Å². The van der Waals surface area contributed by atoms with Gasteiger partial charge in [-0.2, -0.15) is 0 Å². The van der Waals surface area contributed by atoms with E-state index in [0.717, 1.165) is 42.5 Å². The zero-order chi connectivity index (χ0) is 19.3. The van der Waals surface area contributed by atoms with E-state index in [1.54, 1.807) is 17.0 Å². The van der Waals surface area contributed by atoms with Crippen LogP contribution in [0.3, 0.4) is 0 Å². The molecule has 1 aromatic carbocycles. The van der Waals surface area contributed by atoms with E-state index in [-0.39, 0.29) is 17.6 Å². The molecule has 1 aliphatic rings. The second kappa shape index (κ2) is 8.29. The number of aromatic nitrogens is 2. The van der Waals surface area contributed by atoms with Crippen molar-refractivity contribution in [3.05, 3.63) is 54.2 Å². The van der Waals surface area contributed by atoms with E-state index in [4.69, 9.17) is 4.42 Å². The summed E-state index contributed by atoms with van der Waals surface area (Å²) in [7, 11) is 0. The largest absolute Gasteiger partial charge is 0.459 e. The molecule has 1 fully saturated rings. The third-order valence-corrected chi connectivity index (χ3v) is 5.13. The van der Waals surface area contributed by atoms with Crippen LogP contribution in [-0.2, 0) is 11.2 Å². The van der Waals surface area contributed by atoms with Gasteiger partial charge in [-0.1, -0.05) is 12.1 Å². The number of nitrogens with zero attached hydrogens (tertiary/aromatic N) is 2. The van der Waals surface area contributed by atoms with Gasteiger partial charge in [0.2, 0.25) is 5.91 Å². The summed E-state index contributed by atoms with van der Waals surface area (Å²) in [6.07, 6.45) is 5.55. The highest BCUT2D eigenvalue weighted by molar-refractivity contribution is 5.95. The van der Waals surface area contributed by atoms with Crippen molar-refractivity contribution in [1.82, 2.24) is 20.2 Å². The van der Waals surface area contributed by atoms with Gasteiger partial charge < -0.3 is 19.6 Å². The van der Waals surface area contributed by atoms with Crippen LogP contribution in [0, 0.1) is 0 Å². The number of nitrogens with one attached hydrogen (secondary N) is 2. The number of likely N-dealkylation sites (tertiary alicyclic amines) is 1. The number of amides is 2. The van der Waals surface area contributed by atoms with Crippen LogP contribution in [0.4, 0.5) is 0 Å². The van der Waals surface area contributed by atoms with E-state index >= 15 is 0 Å². The number of hydrogen-bond acceptors (Lipinski definition) is 4. The molecule has 1 unspecified atom stereocenters. The number of rotatable bonds is 6. The predicted molar refractivity (Wildman–Crippen MR) is 105 cm³/mol. The number of hydrogen-bond donors (Lipinski definition) is 2. The molecule has 1 saturated heterocycles. The summed E-state index contributed by atoms with van der Waals surface area (Å²) in [6, 6.07) is 10.8. The molecule has 7 heteroatoms. The first-order chi connectivity index (χ1) is 13.7. The Morgan fingerprint density at radius 1 is 1.21 bits per heavy atom. The second-order valence-electron chi connectivity index (χ2n) is 7.08. The number of para-hydroxylation sites is 2. The number of aromatic amines is 1. The minimum Gasteiger partial charge on any atom is -0.459 e. The Labute approximate surface area is 163 Å². The summed E-state index contributed by atoms with van der Waals surface area (Å²) in [5, 5.41) is 2.98. The lowest BCUT2D eigenvalue weighted by Gasteiger charge is -2.34. The number of imidazole rings is 1. The molecule has 2 aromatic heterocycles. The Balaban J connectivity index is 1.30. The Morgan fingerprint density at radius 3 is 2.93 bits per heavy atom. The van der Waals surface area contributed by atoms with E-state index in [2.05, 4.69) is 15.3 Å². The second-order valence-corrected chi connectivity index (χ2v) is 7.08. The van der Waals surface area contributed by atoms with E-state index < -0.39 is 6.04 Å². The fourth-order valence-corrected chi connectivity index (χ4v) is 3.70. The molecule has 2 amide bonds. The summed E-state index contributed by atoms with van der Waals surface area (Å²) in [6.45, 7) is 1.13. The van der Waals surface area contributed by atoms with Gasteiger partial charge >= 0.3 is 0 Å². The zero-order valence-electron chi connectivity index (χ0n) is 15.7. The van der Waals surface area contributed by atoms with Crippen LogP contribution >= 0.6 is 0 Å². The number of furan rings is 1. The smallest absolute Gasteiger partial charge is 0.290 e. The van der Waals surface area contributed by atoms with Gasteiger partial charge in [0.1, 0.15) is 11.9 Å². The minimum absolute atomic E-state index is 0.0933. The molecule has 1 atom stereocenters. The number of benzene rings is 1. The summed E-state index contributed by atoms with van der Waals surface area (Å²) >= 11 is 0. The fraction of sp³-hybridized carbons (Fsp3) is 0.381. The van der Waals surface area contributed by atoms with Gasteiger partial charge in [-0.05, 0) is 49.9 Å². The van der Waals surface area contributed by atoms with Gasteiger partial charge in [0, 0.05) is 19.5 Å². The highest BCUT2D eigenvalue weighted by atomic mass is 16.3. The fourth-order valence-electron chi connectivity index (χ4n) is 3.70. The Morgan fingerprint density at radius 2 is 2.11 bits per heavy atom. The lowest BCUT2D eigenvalue weighted by Crippen LogP contribution is -2.52. The summed E-state index contributed by atoms with van der Waals surface area (Å²) in [5.41, 5.74) is 1.98. The van der Waals surface area contributed by atoms with E-state index in [0.29, 0.717) is 19.5 Å². The van der Waals surface area contributed by atoms with Gasteiger partial charge in [0.05, 0.1) is 17.3 Å². The van der Waals surface area contributed by atoms with Crippen LogP contribution < -0.4 is 5.32 Å². The zero-order valence-corrected chi connectivity index (χ0v) is 15.7. The van der Waals surface area contributed by atoms with E-state index in [1.807, 2.05) is 24.3 Å². The average Bonchev–Trinajstić information content (AvgIpc) is 3.40. The monoisotopic (exact) mass is 380 g/mol. The number of fused-ring (bicyclic) bond motifs is 1. The van der Waals surface area contributed by atoms with Crippen molar-refractivity contribution in [2.75, 3.05) is 13.1 Å². The normalized spacial score (nSPS) is 17.0. The highest BCUT2D eigenvalue weighted by Gasteiger charge is 2.33. The third kappa shape index (κ3) is 3.93. The summed E-state index contributed by atoms with van der Waals surface area (Å²) < 4.78 is 5.22. The molecule has 2 N–H and O–H groups in total. The standard InChI is InChI=1S/C21H24N4O3/c26-20(17-9-3-4-13-25(17)21(27)18-10-6-14-28-18)22-12-5-11-19-23-15-7-1-2-8-16(15)24-19/h1-2,6-8,10,14,17H,3-5,9,11-13H2,(H,22,26)(H,23,24). The van der Waals surface area contributed by atoms with Crippen molar-refractivity contribution >= 4 is 22.8 Å². The first kappa shape index (κ1) is 18.3. The van der Waals surface area contributed by atoms with Crippen molar-refractivity contribution in [3.63, 3.8) is 0 Å². The maximum absolute atomic E-state index is 12.7. The molecule has 3 heterocycles. The third-order valence-electron chi connectivity index (χ3n) is 5.13. The van der Waals surface area contributed by atoms with Crippen molar-refractivity contribution in [2.45, 2.75) is 38.1 Å². The molecule has 0 bridgehead atoms. The maximum Gasteiger partial charge on any atom is 0.290 e. The van der Waals surface area contributed by atoms with Crippen molar-refractivity contribution < 1.29 is 14.0 Å². The quantitative estimate of drug-likeness (QED) is 0.643. The van der Waals surface area contributed by atoms with Gasteiger partial charge in [0.15, 0.2) is 5.76 Å². The van der Waals surface area contributed by atoms with Crippen molar-refractivity contribution in [3.8, 4) is 0 Å². The Bertz CT molecular complexity index is 915. The van der Waals surface area contributed by atoms with Crippen LogP contribution in [0.5, 0.6) is 0 Å². The molecule has 7 nitrogen and oxygen atoms in total. The van der Waals surface area contributed by atoms with Crippen LogP contribution in [0.1, 0.15) is 42.1 Å². The molecular formula is C21H24N4O3. The lowest BCUT2D eigenvalue weighted by molar-refractivity contribution is -0.126. The maximum atomic E-state index is 12.7. The summed E-state index contributed by atoms with van der Waals surface area (Å²) in [5.74, 6) is 0.892. The predicted octanol–water partition coefficient (Wildman–Crippen LogP) is 2.90. The molecule has 146 valence electrons. The summed E-state index contributed by atoms with van der Waals surface area (Å²) in [4.78, 5) is 34.8. The number of piperidine rings is 1. The number of carbonyl (C=O) groups excluding carboxylic acids is 2. The van der Waals surface area contributed by atoms with Crippen LogP contribution in [0.25, 0.3) is 11.0 Å². The number of H-pyrrole nitrogens is 1. The van der Waals surface area contributed by atoms with Gasteiger partial charge in [-0.25, -0.2) is 4.98 Å². The molecule has 0 saturated carbocycles. The topological polar surface area (TPSA) is 91.2 Å². The molecule has 4 rings (SSSR count). The molecule has 3 aromatic rings.